The predicted molar refractivity (Wildman–Crippen MR) is 100 cm³/mol. The number of fused-ring (bicyclic) bond motifs is 1. The minimum absolute atomic E-state index is 0.129. The highest BCUT2D eigenvalue weighted by Gasteiger charge is 2.24. The van der Waals surface area contributed by atoms with Gasteiger partial charge in [0.2, 0.25) is 0 Å². The van der Waals surface area contributed by atoms with Crippen LogP contribution in [0.2, 0.25) is 0 Å². The van der Waals surface area contributed by atoms with E-state index in [4.69, 9.17) is 9.47 Å². The summed E-state index contributed by atoms with van der Waals surface area (Å²) in [4.78, 5) is 25.4. The zero-order chi connectivity index (χ0) is 19.4. The number of hydrogen-bond acceptors (Lipinski definition) is 5. The average molecular weight is 360 g/mol. The Balaban J connectivity index is 2.84. The number of aromatic nitrogens is 1. The Morgan fingerprint density at radius 3 is 2.50 bits per heavy atom. The number of carbonyl (C=O) groups excluding carboxylic acids is 1. The molecular weight excluding hydrogens is 336 g/mol. The summed E-state index contributed by atoms with van der Waals surface area (Å²) in [6.45, 7) is 7.58. The van der Waals surface area contributed by atoms with Gasteiger partial charge in [-0.05, 0) is 19.4 Å². The van der Waals surface area contributed by atoms with E-state index in [0.29, 0.717) is 28.8 Å². The number of carbonyl (C=O) groups is 1. The zero-order valence-electron chi connectivity index (χ0n) is 15.5. The van der Waals surface area contributed by atoms with Crippen molar-refractivity contribution in [2.75, 3.05) is 14.2 Å². The number of nitrogens with one attached hydrogen (secondary N) is 1. The van der Waals surface area contributed by atoms with E-state index in [0.717, 1.165) is 0 Å². The van der Waals surface area contributed by atoms with Crippen LogP contribution in [0.15, 0.2) is 29.6 Å². The molecule has 0 saturated heterocycles. The summed E-state index contributed by atoms with van der Waals surface area (Å²) >= 11 is 0. The molecule has 0 radical (unpaired) electrons. The van der Waals surface area contributed by atoms with E-state index in [2.05, 4.69) is 11.9 Å². The summed E-state index contributed by atoms with van der Waals surface area (Å²) in [5.74, 6) is -0.204. The lowest BCUT2D eigenvalue weighted by atomic mass is 10.1. The van der Waals surface area contributed by atoms with Crippen molar-refractivity contribution in [3.05, 3.63) is 40.7 Å². The van der Waals surface area contributed by atoms with Crippen LogP contribution in [0.5, 0.6) is 17.2 Å². The van der Waals surface area contributed by atoms with Crippen LogP contribution in [-0.4, -0.2) is 35.8 Å². The lowest BCUT2D eigenvalue weighted by Gasteiger charge is -2.17. The summed E-state index contributed by atoms with van der Waals surface area (Å²) in [5, 5.41) is 13.7. The molecule has 0 aliphatic carbocycles. The van der Waals surface area contributed by atoms with Gasteiger partial charge in [0.1, 0.15) is 11.3 Å². The highest BCUT2D eigenvalue weighted by molar-refractivity contribution is 6.03. The van der Waals surface area contributed by atoms with Gasteiger partial charge in [-0.1, -0.05) is 13.0 Å². The van der Waals surface area contributed by atoms with Crippen molar-refractivity contribution in [1.82, 2.24) is 9.88 Å². The van der Waals surface area contributed by atoms with Crippen molar-refractivity contribution < 1.29 is 19.4 Å². The molecular formula is C19H24N2O5. The first-order valence-corrected chi connectivity index (χ1v) is 8.32. The number of rotatable bonds is 7. The topological polar surface area (TPSA) is 89.8 Å². The van der Waals surface area contributed by atoms with Crippen molar-refractivity contribution in [2.24, 2.45) is 0 Å². The van der Waals surface area contributed by atoms with Gasteiger partial charge in [-0.2, -0.15) is 0 Å². The van der Waals surface area contributed by atoms with Crippen LogP contribution < -0.4 is 20.3 Å². The van der Waals surface area contributed by atoms with E-state index >= 15 is 0 Å². The first-order chi connectivity index (χ1) is 12.4. The van der Waals surface area contributed by atoms with Gasteiger partial charge in [0.25, 0.3) is 11.5 Å². The molecule has 0 fully saturated rings. The molecule has 1 heterocycles. The van der Waals surface area contributed by atoms with Crippen LogP contribution in [0, 0.1) is 0 Å². The third-order valence-electron chi connectivity index (χ3n) is 4.27. The van der Waals surface area contributed by atoms with E-state index < -0.39 is 11.5 Å². The highest BCUT2D eigenvalue weighted by Crippen LogP contribution is 2.36. The van der Waals surface area contributed by atoms with Gasteiger partial charge in [0.05, 0.1) is 19.7 Å². The van der Waals surface area contributed by atoms with E-state index in [-0.39, 0.29) is 23.9 Å². The molecule has 1 atom stereocenters. The van der Waals surface area contributed by atoms with Gasteiger partial charge in [0.15, 0.2) is 11.5 Å². The summed E-state index contributed by atoms with van der Waals surface area (Å²) in [6.07, 6.45) is 2.25. The Kier molecular flexibility index (Phi) is 5.92. The molecule has 2 N–H and O–H groups in total. The van der Waals surface area contributed by atoms with Crippen molar-refractivity contribution in [1.29, 1.82) is 0 Å². The largest absolute Gasteiger partial charge is 0.506 e. The molecule has 0 unspecified atom stereocenters. The Hall–Kier alpha value is -2.96. The first kappa shape index (κ1) is 19.4. The van der Waals surface area contributed by atoms with Gasteiger partial charge < -0.3 is 24.5 Å². The number of allylic oxidation sites excluding steroid dienone is 1. The van der Waals surface area contributed by atoms with Crippen molar-refractivity contribution in [3.63, 3.8) is 0 Å². The fraction of sp³-hybridized carbons (Fsp3) is 0.368. The third-order valence-corrected chi connectivity index (χ3v) is 4.27. The maximum absolute atomic E-state index is 12.9. The number of pyridine rings is 1. The predicted octanol–water partition coefficient (Wildman–Crippen LogP) is 2.44. The second-order valence-electron chi connectivity index (χ2n) is 5.94. The molecule has 1 aromatic carbocycles. The molecule has 7 heteroatoms. The second-order valence-corrected chi connectivity index (χ2v) is 5.94. The van der Waals surface area contributed by atoms with Gasteiger partial charge in [0, 0.05) is 24.0 Å². The normalized spacial score (nSPS) is 11.8. The molecule has 0 aliphatic rings. The Labute approximate surface area is 151 Å². The summed E-state index contributed by atoms with van der Waals surface area (Å²) in [5.41, 5.74) is -0.472. The third kappa shape index (κ3) is 3.37. The molecule has 1 amide bonds. The monoisotopic (exact) mass is 360 g/mol. The van der Waals surface area contributed by atoms with Gasteiger partial charge >= 0.3 is 0 Å². The first-order valence-electron chi connectivity index (χ1n) is 8.32. The molecule has 7 nitrogen and oxygen atoms in total. The highest BCUT2D eigenvalue weighted by atomic mass is 16.5. The molecule has 26 heavy (non-hydrogen) atoms. The number of amides is 1. The Bertz CT molecular complexity index is 901. The smallest absolute Gasteiger partial charge is 0.268 e. The number of aromatic hydroxyl groups is 1. The van der Waals surface area contributed by atoms with Gasteiger partial charge in [-0.3, -0.25) is 9.59 Å². The van der Waals surface area contributed by atoms with E-state index in [1.54, 1.807) is 18.2 Å². The van der Waals surface area contributed by atoms with Crippen molar-refractivity contribution in [3.8, 4) is 17.2 Å². The molecule has 140 valence electrons. The van der Waals surface area contributed by atoms with E-state index in [1.165, 1.54) is 18.8 Å². The lowest BCUT2D eigenvalue weighted by Crippen LogP contribution is -2.37. The van der Waals surface area contributed by atoms with Crippen LogP contribution in [-0.2, 0) is 6.54 Å². The summed E-state index contributed by atoms with van der Waals surface area (Å²) in [7, 11) is 2.95. The minimum atomic E-state index is -0.614. The van der Waals surface area contributed by atoms with Crippen LogP contribution in [0.1, 0.15) is 30.6 Å². The maximum Gasteiger partial charge on any atom is 0.268 e. The fourth-order valence-electron chi connectivity index (χ4n) is 2.67. The molecule has 0 saturated carbocycles. The average Bonchev–Trinajstić information content (AvgIpc) is 2.63. The SMILES string of the molecule is C=CCn1c(=O)c(C(=O)N[C@H](C)CC)c(O)c2cc(OC)c(OC)cc21. The molecule has 0 bridgehead atoms. The number of methoxy groups -OCH3 is 2. The minimum Gasteiger partial charge on any atom is -0.506 e. The Morgan fingerprint density at radius 1 is 1.35 bits per heavy atom. The maximum atomic E-state index is 12.9. The molecule has 2 aromatic rings. The summed E-state index contributed by atoms with van der Waals surface area (Å²) in [6, 6.07) is 3.01. The second kappa shape index (κ2) is 7.95. The quantitative estimate of drug-likeness (QED) is 0.740. The van der Waals surface area contributed by atoms with Gasteiger partial charge in [-0.25, -0.2) is 0 Å². The number of ether oxygens (including phenoxy) is 2. The van der Waals surface area contributed by atoms with Crippen molar-refractivity contribution in [2.45, 2.75) is 32.9 Å². The number of nitrogens with zero attached hydrogens (tertiary/aromatic N) is 1. The zero-order valence-corrected chi connectivity index (χ0v) is 15.5. The van der Waals surface area contributed by atoms with Crippen LogP contribution in [0.4, 0.5) is 0 Å². The standard InChI is InChI=1S/C19H24N2O5/c1-6-8-21-13-10-15(26-5)14(25-4)9-12(13)17(22)16(19(21)24)18(23)20-11(3)7-2/h6,9-11,22H,1,7-8H2,2-5H3,(H,20,23)/t11-/m1/s1. The van der Waals surface area contributed by atoms with Crippen molar-refractivity contribution >= 4 is 16.8 Å². The van der Waals surface area contributed by atoms with Crippen LogP contribution in [0.25, 0.3) is 10.9 Å². The molecule has 0 spiro atoms. The van der Waals surface area contributed by atoms with Gasteiger partial charge in [-0.15, -0.1) is 6.58 Å². The summed E-state index contributed by atoms with van der Waals surface area (Å²) < 4.78 is 11.9. The molecule has 2 rings (SSSR count). The van der Waals surface area contributed by atoms with Crippen LogP contribution >= 0.6 is 0 Å². The van der Waals surface area contributed by atoms with Crippen LogP contribution in [0.3, 0.4) is 0 Å². The van der Waals surface area contributed by atoms with E-state index in [1.807, 2.05) is 13.8 Å². The fourth-order valence-corrected chi connectivity index (χ4v) is 2.67. The number of hydrogen-bond donors (Lipinski definition) is 2. The molecule has 1 aromatic heterocycles. The lowest BCUT2D eigenvalue weighted by molar-refractivity contribution is 0.0934. The Morgan fingerprint density at radius 2 is 1.96 bits per heavy atom. The van der Waals surface area contributed by atoms with E-state index in [9.17, 15) is 14.7 Å². The number of benzene rings is 1. The molecule has 0 aliphatic heterocycles.